The van der Waals surface area contributed by atoms with E-state index < -0.39 is 5.54 Å². The molecule has 33 heavy (non-hydrogen) atoms. The van der Waals surface area contributed by atoms with Gasteiger partial charge in [0.1, 0.15) is 5.75 Å². The fraction of sp³-hybridized carbons (Fsp3) is 0.538. The summed E-state index contributed by atoms with van der Waals surface area (Å²) >= 11 is 0. The van der Waals surface area contributed by atoms with Crippen LogP contribution in [0.5, 0.6) is 5.75 Å². The topological polar surface area (TPSA) is 64.0 Å². The molecule has 2 amide bonds. The Labute approximate surface area is 198 Å². The van der Waals surface area contributed by atoms with E-state index in [2.05, 4.69) is 10.6 Å². The number of hydrogen-bond donors (Lipinski definition) is 0. The molecule has 1 aromatic heterocycles. The molecule has 0 N–H and O–H groups in total. The molecule has 1 heterocycles. The number of aromatic nitrogens is 1. The monoisotopic (exact) mass is 457 g/mol. The first-order chi connectivity index (χ1) is 15.6. The first-order valence-corrected chi connectivity index (χ1v) is 11.4. The van der Waals surface area contributed by atoms with Gasteiger partial charge in [0, 0.05) is 43.5 Å². The van der Waals surface area contributed by atoms with Crippen molar-refractivity contribution in [1.82, 2.24) is 14.4 Å². The van der Waals surface area contributed by atoms with Crippen LogP contribution in [0.3, 0.4) is 0 Å². The second-order valence-corrected chi connectivity index (χ2v) is 9.54. The fourth-order valence-corrected chi connectivity index (χ4v) is 3.66. The van der Waals surface area contributed by atoms with Crippen LogP contribution in [0, 0.1) is 5.92 Å². The lowest BCUT2D eigenvalue weighted by Crippen LogP contribution is -2.51. The number of methoxy groups -OCH3 is 2. The van der Waals surface area contributed by atoms with Crippen molar-refractivity contribution in [2.45, 2.75) is 53.2 Å². The molecule has 2 aromatic rings. The summed E-state index contributed by atoms with van der Waals surface area (Å²) in [6.45, 7) is 11.7. The molecule has 0 atom stereocenters. The van der Waals surface area contributed by atoms with Crippen LogP contribution < -0.4 is 4.74 Å². The Balaban J connectivity index is 2.22. The lowest BCUT2D eigenvalue weighted by Gasteiger charge is -2.37. The lowest BCUT2D eigenvalue weighted by molar-refractivity contribution is -0.146. The molecule has 7 heteroatoms. The molecule has 0 aliphatic carbocycles. The average molecular weight is 458 g/mol. The van der Waals surface area contributed by atoms with Crippen LogP contribution in [-0.2, 0) is 27.4 Å². The fourth-order valence-electron chi connectivity index (χ4n) is 3.66. The summed E-state index contributed by atoms with van der Waals surface area (Å²) in [6.07, 6.45) is 2.02. The van der Waals surface area contributed by atoms with Crippen molar-refractivity contribution in [2.75, 3.05) is 33.9 Å². The Morgan fingerprint density at radius 3 is 2.42 bits per heavy atom. The van der Waals surface area contributed by atoms with Gasteiger partial charge in [-0.1, -0.05) is 26.0 Å². The zero-order valence-electron chi connectivity index (χ0n) is 21.1. The van der Waals surface area contributed by atoms with E-state index in [0.29, 0.717) is 26.2 Å². The highest BCUT2D eigenvalue weighted by Gasteiger charge is 2.30. The third-order valence-electron chi connectivity index (χ3n) is 5.54. The highest BCUT2D eigenvalue weighted by atomic mass is 16.5. The molecule has 0 bridgehead atoms. The van der Waals surface area contributed by atoms with Crippen molar-refractivity contribution < 1.29 is 19.1 Å². The summed E-state index contributed by atoms with van der Waals surface area (Å²) in [7, 11) is 3.25. The minimum Gasteiger partial charge on any atom is -0.497 e. The molecule has 7 nitrogen and oxygen atoms in total. The van der Waals surface area contributed by atoms with E-state index in [1.165, 1.54) is 0 Å². The molecule has 0 saturated carbocycles. The number of rotatable bonds is 11. The second-order valence-electron chi connectivity index (χ2n) is 9.54. The third kappa shape index (κ3) is 7.63. The molecule has 2 rings (SSSR count). The zero-order valence-corrected chi connectivity index (χ0v) is 21.1. The summed E-state index contributed by atoms with van der Waals surface area (Å²) in [5, 5.41) is 0. The number of carbonyl (C=O) groups excluding carboxylic acids is 2. The highest BCUT2D eigenvalue weighted by molar-refractivity contribution is 5.86. The van der Waals surface area contributed by atoms with E-state index in [0.717, 1.165) is 17.0 Å². The normalized spacial score (nSPS) is 11.5. The van der Waals surface area contributed by atoms with Gasteiger partial charge >= 0.3 is 0 Å². The van der Waals surface area contributed by atoms with Crippen molar-refractivity contribution in [3.63, 3.8) is 0 Å². The molecular formula is C26H39N3O4. The largest absolute Gasteiger partial charge is 0.497 e. The van der Waals surface area contributed by atoms with Crippen molar-refractivity contribution in [2.24, 2.45) is 5.92 Å². The van der Waals surface area contributed by atoms with Gasteiger partial charge in [-0.25, -0.2) is 0 Å². The van der Waals surface area contributed by atoms with Crippen molar-refractivity contribution >= 4 is 11.8 Å². The van der Waals surface area contributed by atoms with E-state index in [1.54, 1.807) is 19.1 Å². The summed E-state index contributed by atoms with van der Waals surface area (Å²) in [6, 6.07) is 12.0. The molecule has 0 unspecified atom stereocenters. The van der Waals surface area contributed by atoms with Gasteiger partial charge in [0.2, 0.25) is 11.8 Å². The van der Waals surface area contributed by atoms with E-state index in [9.17, 15) is 9.59 Å². The highest BCUT2D eigenvalue weighted by Crippen LogP contribution is 2.21. The standard InChI is InChI=1S/C26H39N3O4/c1-20(2)25(31)28(14-15-32-6)19-24(30)29(26(3,4)5)18-22-11-9-13-27(22)17-21-10-8-12-23(16-21)33-7/h8-13,16,20H,14-15,17-19H2,1-7H3. The van der Waals surface area contributed by atoms with Crippen LogP contribution in [0.15, 0.2) is 42.6 Å². The Bertz CT molecular complexity index is 914. The molecule has 0 aliphatic heterocycles. The molecule has 0 aliphatic rings. The van der Waals surface area contributed by atoms with E-state index >= 15 is 0 Å². The summed E-state index contributed by atoms with van der Waals surface area (Å²) in [5.41, 5.74) is 1.74. The SMILES string of the molecule is COCCN(CC(=O)N(Cc1cccn1Cc1cccc(OC)c1)C(C)(C)C)C(=O)C(C)C. The predicted octanol–water partition coefficient (Wildman–Crippen LogP) is 3.80. The molecule has 0 spiro atoms. The second kappa shape index (κ2) is 11.9. The molecule has 0 fully saturated rings. The van der Waals surface area contributed by atoms with Crippen LogP contribution in [0.4, 0.5) is 0 Å². The van der Waals surface area contributed by atoms with Crippen LogP contribution in [0.1, 0.15) is 45.9 Å². The van der Waals surface area contributed by atoms with Gasteiger partial charge in [0.25, 0.3) is 0 Å². The minimum absolute atomic E-state index is 0.0359. The van der Waals surface area contributed by atoms with Gasteiger partial charge in [0.05, 0.1) is 26.8 Å². The number of carbonyl (C=O) groups is 2. The maximum Gasteiger partial charge on any atom is 0.242 e. The molecule has 0 radical (unpaired) electrons. The summed E-state index contributed by atoms with van der Waals surface area (Å²) < 4.78 is 12.6. The van der Waals surface area contributed by atoms with Gasteiger partial charge in [-0.05, 0) is 50.6 Å². The molecule has 0 saturated heterocycles. The van der Waals surface area contributed by atoms with Crippen LogP contribution in [0.2, 0.25) is 0 Å². The van der Waals surface area contributed by atoms with Crippen LogP contribution in [-0.4, -0.2) is 65.6 Å². The molecular weight excluding hydrogens is 418 g/mol. The smallest absolute Gasteiger partial charge is 0.242 e. The van der Waals surface area contributed by atoms with Gasteiger partial charge in [-0.2, -0.15) is 0 Å². The Morgan fingerprint density at radius 2 is 1.82 bits per heavy atom. The van der Waals surface area contributed by atoms with Crippen molar-refractivity contribution in [1.29, 1.82) is 0 Å². The molecule has 182 valence electrons. The zero-order chi connectivity index (χ0) is 24.6. The number of ether oxygens (including phenoxy) is 2. The van der Waals surface area contributed by atoms with Crippen LogP contribution >= 0.6 is 0 Å². The number of amides is 2. The summed E-state index contributed by atoms with van der Waals surface area (Å²) in [4.78, 5) is 29.6. The number of hydrogen-bond acceptors (Lipinski definition) is 4. The van der Waals surface area contributed by atoms with E-state index in [-0.39, 0.29) is 24.3 Å². The maximum atomic E-state index is 13.4. The first kappa shape index (κ1) is 26.5. The van der Waals surface area contributed by atoms with Crippen molar-refractivity contribution in [3.05, 3.63) is 53.9 Å². The Hall–Kier alpha value is -2.80. The average Bonchev–Trinajstić information content (AvgIpc) is 3.20. The predicted molar refractivity (Wildman–Crippen MR) is 130 cm³/mol. The summed E-state index contributed by atoms with van der Waals surface area (Å²) in [5.74, 6) is 0.508. The van der Waals surface area contributed by atoms with E-state index in [1.807, 2.05) is 76.0 Å². The lowest BCUT2D eigenvalue weighted by atomic mass is 10.0. The van der Waals surface area contributed by atoms with Crippen molar-refractivity contribution in [3.8, 4) is 5.75 Å². The maximum absolute atomic E-state index is 13.4. The minimum atomic E-state index is -0.407. The van der Waals surface area contributed by atoms with E-state index in [4.69, 9.17) is 9.47 Å². The quantitative estimate of drug-likeness (QED) is 0.515. The van der Waals surface area contributed by atoms with Gasteiger partial charge < -0.3 is 23.8 Å². The van der Waals surface area contributed by atoms with Gasteiger partial charge in [0.15, 0.2) is 0 Å². The number of nitrogens with zero attached hydrogens (tertiary/aromatic N) is 3. The Morgan fingerprint density at radius 1 is 1.09 bits per heavy atom. The molecule has 1 aromatic carbocycles. The van der Waals surface area contributed by atoms with Gasteiger partial charge in [-0.3, -0.25) is 9.59 Å². The number of benzene rings is 1. The van der Waals surface area contributed by atoms with Gasteiger partial charge in [-0.15, -0.1) is 0 Å². The van der Waals surface area contributed by atoms with Crippen LogP contribution in [0.25, 0.3) is 0 Å². The Kier molecular flexibility index (Phi) is 9.53. The third-order valence-corrected chi connectivity index (χ3v) is 5.54. The first-order valence-electron chi connectivity index (χ1n) is 11.4.